The van der Waals surface area contributed by atoms with E-state index in [-0.39, 0.29) is 12.0 Å². The largest absolute Gasteiger partial charge is 0.382 e. The number of ether oxygens (including phenoxy) is 2. The van der Waals surface area contributed by atoms with Crippen LogP contribution in [0.25, 0.3) is 10.9 Å². The minimum absolute atomic E-state index is 0.00354. The molecular formula is C19H24N2O3. The molecule has 1 amide bonds. The van der Waals surface area contributed by atoms with Gasteiger partial charge in [-0.05, 0) is 32.9 Å². The fourth-order valence-corrected chi connectivity index (χ4v) is 3.31. The van der Waals surface area contributed by atoms with Gasteiger partial charge in [-0.15, -0.1) is 0 Å². The summed E-state index contributed by atoms with van der Waals surface area (Å²) in [6.07, 6.45) is -0.118. The molecule has 1 aliphatic heterocycles. The van der Waals surface area contributed by atoms with Gasteiger partial charge >= 0.3 is 0 Å². The Morgan fingerprint density at radius 1 is 1.38 bits per heavy atom. The molecule has 0 spiro atoms. The van der Waals surface area contributed by atoms with Crippen LogP contribution in [0, 0.1) is 6.92 Å². The number of morpholine rings is 1. The highest BCUT2D eigenvalue weighted by atomic mass is 16.5. The second-order valence-corrected chi connectivity index (χ2v) is 6.97. The Hall–Kier alpha value is -1.98. The summed E-state index contributed by atoms with van der Waals surface area (Å²) in [7, 11) is 1.65. The molecule has 0 radical (unpaired) electrons. The molecule has 2 heterocycles. The molecule has 1 fully saturated rings. The summed E-state index contributed by atoms with van der Waals surface area (Å²) in [6, 6.07) is 9.71. The minimum atomic E-state index is -0.398. The molecule has 2 aromatic rings. The predicted octanol–water partition coefficient (Wildman–Crippen LogP) is 2.81. The molecule has 1 aromatic heterocycles. The Kier molecular flexibility index (Phi) is 4.56. The van der Waals surface area contributed by atoms with E-state index in [0.717, 1.165) is 16.6 Å². The second-order valence-electron chi connectivity index (χ2n) is 6.97. The average Bonchev–Trinajstić information content (AvgIpc) is 2.52. The Bertz CT molecular complexity index is 757. The van der Waals surface area contributed by atoms with E-state index in [2.05, 4.69) is 4.98 Å². The van der Waals surface area contributed by atoms with Gasteiger partial charge in [-0.2, -0.15) is 0 Å². The number of pyridine rings is 1. The third-order valence-electron chi connectivity index (χ3n) is 4.21. The van der Waals surface area contributed by atoms with Crippen LogP contribution in [0.3, 0.4) is 0 Å². The van der Waals surface area contributed by atoms with Crippen LogP contribution in [0.1, 0.15) is 29.9 Å². The summed E-state index contributed by atoms with van der Waals surface area (Å²) in [5, 5.41) is 0.979. The van der Waals surface area contributed by atoms with Crippen molar-refractivity contribution in [2.75, 3.05) is 26.8 Å². The Balaban J connectivity index is 1.95. The number of para-hydroxylation sites is 1. The number of hydrogen-bond acceptors (Lipinski definition) is 4. The average molecular weight is 328 g/mol. The molecule has 5 heteroatoms. The van der Waals surface area contributed by atoms with Crippen LogP contribution in [0.2, 0.25) is 0 Å². The first-order valence-electron chi connectivity index (χ1n) is 8.22. The quantitative estimate of drug-likeness (QED) is 0.869. The van der Waals surface area contributed by atoms with Gasteiger partial charge < -0.3 is 14.4 Å². The number of methoxy groups -OCH3 is 1. The van der Waals surface area contributed by atoms with Gasteiger partial charge in [0, 0.05) is 31.3 Å². The molecule has 5 nitrogen and oxygen atoms in total. The summed E-state index contributed by atoms with van der Waals surface area (Å²) in [4.78, 5) is 19.6. The summed E-state index contributed by atoms with van der Waals surface area (Å²) in [5.41, 5.74) is 1.91. The van der Waals surface area contributed by atoms with E-state index in [1.165, 1.54) is 0 Å². The number of hydrogen-bond donors (Lipinski definition) is 0. The maximum atomic E-state index is 13.2. The molecule has 0 saturated carbocycles. The molecule has 3 rings (SSSR count). The van der Waals surface area contributed by atoms with Gasteiger partial charge in [0.05, 0.1) is 29.4 Å². The molecule has 0 unspecified atom stereocenters. The maximum Gasteiger partial charge on any atom is 0.256 e. The van der Waals surface area contributed by atoms with Gasteiger partial charge in [0.25, 0.3) is 5.91 Å². The van der Waals surface area contributed by atoms with Crippen LogP contribution < -0.4 is 0 Å². The molecule has 0 bridgehead atoms. The van der Waals surface area contributed by atoms with Gasteiger partial charge in [0.1, 0.15) is 0 Å². The van der Waals surface area contributed by atoms with E-state index in [1.54, 1.807) is 7.11 Å². The third-order valence-corrected chi connectivity index (χ3v) is 4.21. The Labute approximate surface area is 142 Å². The normalized spacial score (nSPS) is 20.3. The smallest absolute Gasteiger partial charge is 0.256 e. The lowest BCUT2D eigenvalue weighted by Gasteiger charge is -2.42. The van der Waals surface area contributed by atoms with Crippen molar-refractivity contribution in [2.45, 2.75) is 32.5 Å². The molecular weight excluding hydrogens is 304 g/mol. The lowest BCUT2D eigenvalue weighted by molar-refractivity contribution is -0.143. The molecule has 1 aromatic carbocycles. The van der Waals surface area contributed by atoms with Gasteiger partial charge in [0.2, 0.25) is 0 Å². The van der Waals surface area contributed by atoms with Crippen molar-refractivity contribution < 1.29 is 14.3 Å². The summed E-state index contributed by atoms with van der Waals surface area (Å²) in [6.45, 7) is 7.49. The predicted molar refractivity (Wildman–Crippen MR) is 93.2 cm³/mol. The van der Waals surface area contributed by atoms with Crippen molar-refractivity contribution in [3.63, 3.8) is 0 Å². The molecule has 1 atom stereocenters. The fraction of sp³-hybridized carbons (Fsp3) is 0.474. The highest BCUT2D eigenvalue weighted by Gasteiger charge is 2.36. The van der Waals surface area contributed by atoms with Gasteiger partial charge in [-0.25, -0.2) is 0 Å². The first-order valence-corrected chi connectivity index (χ1v) is 8.22. The van der Waals surface area contributed by atoms with E-state index in [1.807, 2.05) is 56.0 Å². The standard InChI is InChI=1S/C19H24N2O3/c1-13-8-9-14-6-5-7-16(17(14)20-13)18(22)21-10-15(11-23-4)24-19(2,3)12-21/h5-9,15H,10-12H2,1-4H3/t15-/m0/s1. The molecule has 1 aliphatic rings. The molecule has 128 valence electrons. The van der Waals surface area contributed by atoms with Crippen molar-refractivity contribution in [3.8, 4) is 0 Å². The molecule has 24 heavy (non-hydrogen) atoms. The third kappa shape index (κ3) is 3.42. The maximum absolute atomic E-state index is 13.2. The van der Waals surface area contributed by atoms with E-state index >= 15 is 0 Å². The van der Waals surface area contributed by atoms with Gasteiger partial charge in [-0.3, -0.25) is 9.78 Å². The Morgan fingerprint density at radius 2 is 2.17 bits per heavy atom. The van der Waals surface area contributed by atoms with Crippen LogP contribution >= 0.6 is 0 Å². The van der Waals surface area contributed by atoms with Crippen LogP contribution in [0.5, 0.6) is 0 Å². The molecule has 0 N–H and O–H groups in total. The van der Waals surface area contributed by atoms with Gasteiger partial charge in [-0.1, -0.05) is 18.2 Å². The number of carbonyl (C=O) groups excluding carboxylic acids is 1. The zero-order valence-corrected chi connectivity index (χ0v) is 14.7. The zero-order chi connectivity index (χ0) is 17.3. The number of nitrogens with zero attached hydrogens (tertiary/aromatic N) is 2. The molecule has 0 aliphatic carbocycles. The first-order chi connectivity index (χ1) is 11.4. The number of rotatable bonds is 3. The summed E-state index contributed by atoms with van der Waals surface area (Å²) >= 11 is 0. The first kappa shape index (κ1) is 16.9. The van der Waals surface area contributed by atoms with Crippen LogP contribution in [-0.2, 0) is 9.47 Å². The monoisotopic (exact) mass is 328 g/mol. The number of benzene rings is 1. The van der Waals surface area contributed by atoms with E-state index in [0.29, 0.717) is 25.3 Å². The van der Waals surface area contributed by atoms with Crippen molar-refractivity contribution >= 4 is 16.8 Å². The lowest BCUT2D eigenvalue weighted by Crippen LogP contribution is -2.55. The number of aryl methyl sites for hydroxylation is 1. The SMILES string of the molecule is COC[C@@H]1CN(C(=O)c2cccc3ccc(C)nc23)CC(C)(C)O1. The van der Waals surface area contributed by atoms with E-state index in [4.69, 9.17) is 9.47 Å². The Morgan fingerprint density at radius 3 is 2.92 bits per heavy atom. The summed E-state index contributed by atoms with van der Waals surface area (Å²) < 4.78 is 11.2. The van der Waals surface area contributed by atoms with E-state index < -0.39 is 5.60 Å². The van der Waals surface area contributed by atoms with E-state index in [9.17, 15) is 4.79 Å². The zero-order valence-electron chi connectivity index (χ0n) is 14.7. The number of fused-ring (bicyclic) bond motifs is 1. The topological polar surface area (TPSA) is 51.7 Å². The van der Waals surface area contributed by atoms with Crippen molar-refractivity contribution in [2.24, 2.45) is 0 Å². The van der Waals surface area contributed by atoms with Crippen molar-refractivity contribution in [1.82, 2.24) is 9.88 Å². The molecule has 1 saturated heterocycles. The fourth-order valence-electron chi connectivity index (χ4n) is 3.31. The van der Waals surface area contributed by atoms with Crippen LogP contribution in [-0.4, -0.2) is 54.3 Å². The van der Waals surface area contributed by atoms with Crippen LogP contribution in [0.15, 0.2) is 30.3 Å². The van der Waals surface area contributed by atoms with Crippen molar-refractivity contribution in [3.05, 3.63) is 41.6 Å². The number of amides is 1. The lowest BCUT2D eigenvalue weighted by atomic mass is 10.0. The summed E-state index contributed by atoms with van der Waals surface area (Å²) in [5.74, 6) is -0.00354. The number of aromatic nitrogens is 1. The van der Waals surface area contributed by atoms with Crippen molar-refractivity contribution in [1.29, 1.82) is 0 Å². The second kappa shape index (κ2) is 6.49. The minimum Gasteiger partial charge on any atom is -0.382 e. The number of carbonyl (C=O) groups is 1. The van der Waals surface area contributed by atoms with Gasteiger partial charge in [0.15, 0.2) is 0 Å². The highest BCUT2D eigenvalue weighted by Crippen LogP contribution is 2.25. The van der Waals surface area contributed by atoms with Crippen LogP contribution in [0.4, 0.5) is 0 Å². The highest BCUT2D eigenvalue weighted by molar-refractivity contribution is 6.05.